The first-order valence-electron chi connectivity index (χ1n) is 14.6. The summed E-state index contributed by atoms with van der Waals surface area (Å²) in [5, 5.41) is 3.86. The van der Waals surface area contributed by atoms with Crippen molar-refractivity contribution < 1.29 is 14.3 Å². The van der Waals surface area contributed by atoms with E-state index >= 15 is 0 Å². The number of para-hydroxylation sites is 1. The molecule has 0 atom stereocenters. The summed E-state index contributed by atoms with van der Waals surface area (Å²) in [7, 11) is 2.03. The first kappa shape index (κ1) is 28.0. The van der Waals surface area contributed by atoms with Crippen LogP contribution in [0.5, 0.6) is 5.75 Å². The minimum Gasteiger partial charge on any atom is -0.492 e. The van der Waals surface area contributed by atoms with Gasteiger partial charge >= 0.3 is 0 Å². The molecule has 0 bridgehead atoms. The standard InChI is InChI=1S/C35H35N5O3/c1-25-13-15-30-29(23-25)32(33(38(30)2)26-9-5-3-6-10-26)35(42)40-20-18-39(19-21-40)31-16-14-27(24-37-31)34(41)36-17-22-43-28-11-7-4-8-12-28/h3-16,23-24H,17-22H2,1-2H3,(H,36,41). The van der Waals surface area contributed by atoms with E-state index in [1.165, 1.54) is 0 Å². The third kappa shape index (κ3) is 5.95. The summed E-state index contributed by atoms with van der Waals surface area (Å²) in [5.74, 6) is 1.42. The van der Waals surface area contributed by atoms with Crippen molar-refractivity contribution in [2.75, 3.05) is 44.2 Å². The van der Waals surface area contributed by atoms with E-state index in [4.69, 9.17) is 4.74 Å². The van der Waals surface area contributed by atoms with Gasteiger partial charge in [0.05, 0.1) is 23.4 Å². The van der Waals surface area contributed by atoms with Crippen molar-refractivity contribution in [3.63, 3.8) is 0 Å². The van der Waals surface area contributed by atoms with Gasteiger partial charge in [-0.25, -0.2) is 4.98 Å². The number of amides is 2. The molecule has 8 heteroatoms. The Kier molecular flexibility index (Phi) is 8.09. The maximum Gasteiger partial charge on any atom is 0.256 e. The lowest BCUT2D eigenvalue weighted by atomic mass is 10.0. The molecule has 1 fully saturated rings. The molecular weight excluding hydrogens is 538 g/mol. The molecule has 2 amide bonds. The average Bonchev–Trinajstić information content (AvgIpc) is 3.34. The molecular formula is C35H35N5O3. The summed E-state index contributed by atoms with van der Waals surface area (Å²) in [6, 6.07) is 29.6. The fourth-order valence-corrected chi connectivity index (χ4v) is 5.67. The van der Waals surface area contributed by atoms with Gasteiger partial charge in [-0.05, 0) is 48.9 Å². The van der Waals surface area contributed by atoms with Gasteiger partial charge in [0, 0.05) is 50.3 Å². The van der Waals surface area contributed by atoms with Crippen LogP contribution in [0.2, 0.25) is 0 Å². The van der Waals surface area contributed by atoms with E-state index in [0.29, 0.717) is 44.9 Å². The van der Waals surface area contributed by atoms with Crippen LogP contribution in [0.25, 0.3) is 22.2 Å². The third-order valence-corrected chi connectivity index (χ3v) is 7.92. The molecule has 8 nitrogen and oxygen atoms in total. The molecule has 1 aliphatic rings. The van der Waals surface area contributed by atoms with Crippen LogP contribution in [0.15, 0.2) is 97.2 Å². The zero-order valence-electron chi connectivity index (χ0n) is 24.5. The maximum absolute atomic E-state index is 14.1. The van der Waals surface area contributed by atoms with Crippen LogP contribution >= 0.6 is 0 Å². The summed E-state index contributed by atoms with van der Waals surface area (Å²) >= 11 is 0. The van der Waals surface area contributed by atoms with Gasteiger partial charge < -0.3 is 24.4 Å². The van der Waals surface area contributed by atoms with Crippen molar-refractivity contribution >= 4 is 28.5 Å². The van der Waals surface area contributed by atoms with E-state index in [0.717, 1.165) is 44.9 Å². The minimum absolute atomic E-state index is 0.0472. The van der Waals surface area contributed by atoms with Crippen LogP contribution < -0.4 is 15.0 Å². The highest BCUT2D eigenvalue weighted by atomic mass is 16.5. The lowest BCUT2D eigenvalue weighted by molar-refractivity contribution is 0.0748. The molecule has 1 aliphatic heterocycles. The van der Waals surface area contributed by atoms with E-state index in [1.54, 1.807) is 12.3 Å². The smallest absolute Gasteiger partial charge is 0.256 e. The van der Waals surface area contributed by atoms with Gasteiger partial charge in [-0.2, -0.15) is 0 Å². The quantitative estimate of drug-likeness (QED) is 0.254. The summed E-state index contributed by atoms with van der Waals surface area (Å²) < 4.78 is 7.77. The SMILES string of the molecule is Cc1ccc2c(c1)c(C(=O)N1CCN(c3ccc(C(=O)NCCOc4ccccc4)cn3)CC1)c(-c1ccccc1)n2C. The summed E-state index contributed by atoms with van der Waals surface area (Å²) in [5.41, 5.74) is 5.39. The predicted molar refractivity (Wildman–Crippen MR) is 170 cm³/mol. The third-order valence-electron chi connectivity index (χ3n) is 7.92. The number of carbonyl (C=O) groups excluding carboxylic acids is 2. The molecule has 0 radical (unpaired) electrons. The molecule has 1 N–H and O–H groups in total. The van der Waals surface area contributed by atoms with Crippen LogP contribution in [0, 0.1) is 6.92 Å². The summed E-state index contributed by atoms with van der Waals surface area (Å²) in [6.07, 6.45) is 1.60. The number of aryl methyl sites for hydroxylation is 2. The van der Waals surface area contributed by atoms with E-state index in [2.05, 4.69) is 57.0 Å². The van der Waals surface area contributed by atoms with Crippen molar-refractivity contribution in [1.29, 1.82) is 0 Å². The predicted octanol–water partition coefficient (Wildman–Crippen LogP) is 5.32. The Morgan fingerprint density at radius 2 is 1.60 bits per heavy atom. The number of pyridine rings is 1. The number of fused-ring (bicyclic) bond motifs is 1. The number of aromatic nitrogens is 2. The molecule has 0 saturated carbocycles. The van der Waals surface area contributed by atoms with Gasteiger partial charge in [0.15, 0.2) is 0 Å². The number of carbonyl (C=O) groups is 2. The van der Waals surface area contributed by atoms with Gasteiger partial charge in [-0.1, -0.05) is 60.2 Å². The Morgan fingerprint density at radius 1 is 0.884 bits per heavy atom. The largest absolute Gasteiger partial charge is 0.492 e. The number of nitrogens with one attached hydrogen (secondary N) is 1. The molecule has 1 saturated heterocycles. The lowest BCUT2D eigenvalue weighted by Gasteiger charge is -2.35. The molecule has 5 aromatic rings. The lowest BCUT2D eigenvalue weighted by Crippen LogP contribution is -2.49. The van der Waals surface area contributed by atoms with Gasteiger partial charge in [0.1, 0.15) is 18.2 Å². The number of ether oxygens (including phenoxy) is 1. The second-order valence-electron chi connectivity index (χ2n) is 10.8. The fourth-order valence-electron chi connectivity index (χ4n) is 5.67. The topological polar surface area (TPSA) is 79.7 Å². The zero-order valence-corrected chi connectivity index (χ0v) is 24.5. The van der Waals surface area contributed by atoms with Crippen LogP contribution in [0.3, 0.4) is 0 Å². The molecule has 0 unspecified atom stereocenters. The number of hydrogen-bond donors (Lipinski definition) is 1. The van der Waals surface area contributed by atoms with Gasteiger partial charge in [0.2, 0.25) is 0 Å². The van der Waals surface area contributed by atoms with E-state index in [-0.39, 0.29) is 11.8 Å². The Bertz CT molecular complexity index is 1720. The number of hydrogen-bond acceptors (Lipinski definition) is 5. The molecule has 3 heterocycles. The van der Waals surface area contributed by atoms with Crippen LogP contribution in [0.1, 0.15) is 26.3 Å². The second-order valence-corrected chi connectivity index (χ2v) is 10.8. The highest BCUT2D eigenvalue weighted by molar-refractivity contribution is 6.13. The van der Waals surface area contributed by atoms with Crippen LogP contribution in [0.4, 0.5) is 5.82 Å². The maximum atomic E-state index is 14.1. The summed E-state index contributed by atoms with van der Waals surface area (Å²) in [6.45, 7) is 5.32. The number of rotatable bonds is 8. The number of benzene rings is 3. The van der Waals surface area contributed by atoms with Crippen molar-refractivity contribution in [2.45, 2.75) is 6.92 Å². The fraction of sp³-hybridized carbons (Fsp3) is 0.229. The minimum atomic E-state index is -0.189. The van der Waals surface area contributed by atoms with Crippen molar-refractivity contribution in [3.05, 3.63) is 114 Å². The van der Waals surface area contributed by atoms with Gasteiger partial charge in [-0.15, -0.1) is 0 Å². The summed E-state index contributed by atoms with van der Waals surface area (Å²) in [4.78, 5) is 35.3. The normalized spacial score (nSPS) is 13.3. The van der Waals surface area contributed by atoms with Crippen LogP contribution in [-0.2, 0) is 7.05 Å². The van der Waals surface area contributed by atoms with Gasteiger partial charge in [-0.3, -0.25) is 9.59 Å². The molecule has 3 aromatic carbocycles. The highest BCUT2D eigenvalue weighted by Gasteiger charge is 2.29. The van der Waals surface area contributed by atoms with Crippen molar-refractivity contribution in [2.24, 2.45) is 7.05 Å². The number of nitrogens with zero attached hydrogens (tertiary/aromatic N) is 4. The monoisotopic (exact) mass is 573 g/mol. The molecule has 2 aromatic heterocycles. The Balaban J connectivity index is 1.10. The first-order chi connectivity index (χ1) is 21.0. The van der Waals surface area contributed by atoms with Crippen LogP contribution in [-0.4, -0.2) is 65.6 Å². The molecule has 6 rings (SSSR count). The number of piperazine rings is 1. The van der Waals surface area contributed by atoms with E-state index in [9.17, 15) is 9.59 Å². The molecule has 0 spiro atoms. The highest BCUT2D eigenvalue weighted by Crippen LogP contribution is 2.35. The zero-order chi connectivity index (χ0) is 29.8. The van der Waals surface area contributed by atoms with Crippen molar-refractivity contribution in [1.82, 2.24) is 19.8 Å². The van der Waals surface area contributed by atoms with E-state index < -0.39 is 0 Å². The first-order valence-corrected chi connectivity index (χ1v) is 14.6. The average molecular weight is 574 g/mol. The molecule has 218 valence electrons. The molecule has 0 aliphatic carbocycles. The Hall–Kier alpha value is -5.11. The van der Waals surface area contributed by atoms with Crippen molar-refractivity contribution in [3.8, 4) is 17.0 Å². The van der Waals surface area contributed by atoms with Gasteiger partial charge in [0.25, 0.3) is 11.8 Å². The Labute approximate surface area is 251 Å². The Morgan fingerprint density at radius 3 is 2.30 bits per heavy atom. The number of anilines is 1. The van der Waals surface area contributed by atoms with E-state index in [1.807, 2.05) is 66.5 Å². The molecule has 43 heavy (non-hydrogen) atoms. The second kappa shape index (κ2) is 12.4.